The summed E-state index contributed by atoms with van der Waals surface area (Å²) in [5, 5.41) is 0.408. The fraction of sp³-hybridized carbons (Fsp3) is 1.00. The van der Waals surface area contributed by atoms with Gasteiger partial charge < -0.3 is 0 Å². The van der Waals surface area contributed by atoms with Crippen LogP contribution < -0.4 is 0 Å². The Hall–Kier alpha value is 0.250. The first-order valence-corrected chi connectivity index (χ1v) is 7.08. The molecule has 2 heteroatoms. The summed E-state index contributed by atoms with van der Waals surface area (Å²) in [6.07, 6.45) is 12.4. The van der Waals surface area contributed by atoms with Gasteiger partial charge in [-0.3, -0.25) is 4.90 Å². The van der Waals surface area contributed by atoms with E-state index >= 15 is 0 Å². The highest BCUT2D eigenvalue weighted by Gasteiger charge is 2.30. The highest BCUT2D eigenvalue weighted by atomic mass is 35.5. The van der Waals surface area contributed by atoms with Crippen LogP contribution in [0.4, 0.5) is 0 Å². The Morgan fingerprint density at radius 3 is 2.13 bits per heavy atom. The van der Waals surface area contributed by atoms with E-state index in [0.29, 0.717) is 11.4 Å². The number of rotatable bonds is 2. The number of halogens is 1. The molecule has 0 heterocycles. The average Bonchev–Trinajstić information content (AvgIpc) is 2.30. The van der Waals surface area contributed by atoms with Crippen molar-refractivity contribution in [2.75, 3.05) is 7.05 Å². The molecule has 2 fully saturated rings. The lowest BCUT2D eigenvalue weighted by Crippen LogP contribution is -2.47. The quantitative estimate of drug-likeness (QED) is 0.651. The van der Waals surface area contributed by atoms with E-state index in [0.717, 1.165) is 6.04 Å². The molecular formula is C13H24ClN. The van der Waals surface area contributed by atoms with E-state index in [1.165, 1.54) is 57.8 Å². The summed E-state index contributed by atoms with van der Waals surface area (Å²) in [5.41, 5.74) is 0. The van der Waals surface area contributed by atoms with Gasteiger partial charge in [0.05, 0.1) is 0 Å². The van der Waals surface area contributed by atoms with Crippen LogP contribution in [-0.2, 0) is 0 Å². The lowest BCUT2D eigenvalue weighted by atomic mass is 9.89. The second kappa shape index (κ2) is 5.54. The van der Waals surface area contributed by atoms with Crippen LogP contribution in [0, 0.1) is 0 Å². The fourth-order valence-electron chi connectivity index (χ4n) is 3.28. The smallest absolute Gasteiger partial charge is 0.0491 e. The Bertz CT molecular complexity index is 189. The third-order valence-electron chi connectivity index (χ3n) is 4.32. The normalized spacial score (nSPS) is 34.6. The van der Waals surface area contributed by atoms with Crippen LogP contribution in [0.5, 0.6) is 0 Å². The molecule has 0 bridgehead atoms. The minimum atomic E-state index is 0.408. The predicted molar refractivity (Wildman–Crippen MR) is 66.5 cm³/mol. The molecule has 0 aromatic rings. The topological polar surface area (TPSA) is 3.24 Å². The van der Waals surface area contributed by atoms with Crippen LogP contribution in [0.15, 0.2) is 0 Å². The van der Waals surface area contributed by atoms with Gasteiger partial charge in [0.2, 0.25) is 0 Å². The average molecular weight is 230 g/mol. The zero-order valence-electron chi connectivity index (χ0n) is 9.92. The Morgan fingerprint density at radius 2 is 1.47 bits per heavy atom. The van der Waals surface area contributed by atoms with Gasteiger partial charge in [0.15, 0.2) is 0 Å². The maximum atomic E-state index is 6.46. The van der Waals surface area contributed by atoms with E-state index < -0.39 is 0 Å². The van der Waals surface area contributed by atoms with E-state index in [4.69, 9.17) is 11.6 Å². The van der Waals surface area contributed by atoms with Crippen molar-refractivity contribution < 1.29 is 0 Å². The minimum absolute atomic E-state index is 0.408. The molecule has 0 saturated heterocycles. The van der Waals surface area contributed by atoms with Crippen molar-refractivity contribution in [1.29, 1.82) is 0 Å². The van der Waals surface area contributed by atoms with E-state index in [9.17, 15) is 0 Å². The number of alkyl halides is 1. The molecule has 88 valence electrons. The highest BCUT2D eigenvalue weighted by Crippen LogP contribution is 2.31. The maximum Gasteiger partial charge on any atom is 0.0491 e. The largest absolute Gasteiger partial charge is 0.299 e. The molecule has 2 atom stereocenters. The summed E-state index contributed by atoms with van der Waals surface area (Å²) in [4.78, 5) is 2.61. The predicted octanol–water partition coefficient (Wildman–Crippen LogP) is 3.80. The van der Waals surface area contributed by atoms with Gasteiger partial charge in [-0.2, -0.15) is 0 Å². The third-order valence-corrected chi connectivity index (χ3v) is 4.83. The lowest BCUT2D eigenvalue weighted by molar-refractivity contribution is 0.113. The van der Waals surface area contributed by atoms with Gasteiger partial charge in [-0.15, -0.1) is 11.6 Å². The van der Waals surface area contributed by atoms with Crippen LogP contribution in [0.3, 0.4) is 0 Å². The summed E-state index contributed by atoms with van der Waals surface area (Å²) >= 11 is 6.46. The van der Waals surface area contributed by atoms with Gasteiger partial charge in [0.1, 0.15) is 0 Å². The van der Waals surface area contributed by atoms with E-state index in [1.54, 1.807) is 0 Å². The van der Waals surface area contributed by atoms with Crippen molar-refractivity contribution in [3.8, 4) is 0 Å². The molecule has 0 aliphatic heterocycles. The number of nitrogens with zero attached hydrogens (tertiary/aromatic N) is 1. The van der Waals surface area contributed by atoms with Crippen LogP contribution in [0.25, 0.3) is 0 Å². The van der Waals surface area contributed by atoms with Gasteiger partial charge in [0, 0.05) is 17.5 Å². The van der Waals surface area contributed by atoms with E-state index in [1.807, 2.05) is 0 Å². The molecule has 0 aromatic carbocycles. The number of hydrogen-bond acceptors (Lipinski definition) is 1. The Kier molecular flexibility index (Phi) is 4.33. The molecule has 2 saturated carbocycles. The highest BCUT2D eigenvalue weighted by molar-refractivity contribution is 6.21. The molecule has 2 unspecified atom stereocenters. The first-order chi connectivity index (χ1) is 7.29. The summed E-state index contributed by atoms with van der Waals surface area (Å²) in [7, 11) is 2.31. The molecule has 0 radical (unpaired) electrons. The standard InChI is InChI=1S/C13H24ClN/c1-15(11-7-3-2-4-8-11)13-10-6-5-9-12(13)14/h11-13H,2-10H2,1H3. The molecule has 2 aliphatic carbocycles. The molecular weight excluding hydrogens is 206 g/mol. The summed E-state index contributed by atoms with van der Waals surface area (Å²) in [6.45, 7) is 0. The van der Waals surface area contributed by atoms with Crippen molar-refractivity contribution in [3.63, 3.8) is 0 Å². The van der Waals surface area contributed by atoms with Crippen LogP contribution in [0.2, 0.25) is 0 Å². The van der Waals surface area contributed by atoms with E-state index in [2.05, 4.69) is 11.9 Å². The lowest BCUT2D eigenvalue weighted by Gasteiger charge is -2.41. The zero-order valence-corrected chi connectivity index (χ0v) is 10.7. The van der Waals surface area contributed by atoms with E-state index in [-0.39, 0.29) is 0 Å². The van der Waals surface area contributed by atoms with Gasteiger partial charge in [-0.1, -0.05) is 32.1 Å². The van der Waals surface area contributed by atoms with Crippen molar-refractivity contribution >= 4 is 11.6 Å². The summed E-state index contributed by atoms with van der Waals surface area (Å²) in [6, 6.07) is 1.48. The second-order valence-corrected chi connectivity index (χ2v) is 5.89. The molecule has 0 N–H and O–H groups in total. The molecule has 15 heavy (non-hydrogen) atoms. The van der Waals surface area contributed by atoms with Gasteiger partial charge in [-0.05, 0) is 32.7 Å². The molecule has 0 aromatic heterocycles. The number of hydrogen-bond donors (Lipinski definition) is 0. The van der Waals surface area contributed by atoms with Crippen molar-refractivity contribution in [3.05, 3.63) is 0 Å². The first kappa shape index (κ1) is 11.7. The fourth-order valence-corrected chi connectivity index (χ4v) is 3.74. The molecule has 2 aliphatic rings. The molecule has 0 spiro atoms. The Labute approximate surface area is 99.2 Å². The van der Waals surface area contributed by atoms with Crippen LogP contribution in [-0.4, -0.2) is 29.4 Å². The maximum absolute atomic E-state index is 6.46. The molecule has 0 amide bonds. The second-order valence-electron chi connectivity index (χ2n) is 5.33. The van der Waals surface area contributed by atoms with Gasteiger partial charge >= 0.3 is 0 Å². The zero-order chi connectivity index (χ0) is 10.7. The first-order valence-electron chi connectivity index (χ1n) is 6.65. The van der Waals surface area contributed by atoms with Crippen LogP contribution >= 0.6 is 11.6 Å². The minimum Gasteiger partial charge on any atom is -0.299 e. The third kappa shape index (κ3) is 2.88. The van der Waals surface area contributed by atoms with Crippen molar-refractivity contribution in [2.45, 2.75) is 75.2 Å². The van der Waals surface area contributed by atoms with Crippen molar-refractivity contribution in [1.82, 2.24) is 4.90 Å². The monoisotopic (exact) mass is 229 g/mol. The van der Waals surface area contributed by atoms with Crippen molar-refractivity contribution in [2.24, 2.45) is 0 Å². The SMILES string of the molecule is CN(C1CCCCC1)C1CCCCC1Cl. The Morgan fingerprint density at radius 1 is 0.867 bits per heavy atom. The Balaban J connectivity index is 1.89. The molecule has 2 rings (SSSR count). The van der Waals surface area contributed by atoms with Gasteiger partial charge in [0.25, 0.3) is 0 Å². The molecule has 1 nitrogen and oxygen atoms in total. The van der Waals surface area contributed by atoms with Gasteiger partial charge in [-0.25, -0.2) is 0 Å². The summed E-state index contributed by atoms with van der Waals surface area (Å²) < 4.78 is 0. The summed E-state index contributed by atoms with van der Waals surface area (Å²) in [5.74, 6) is 0. The van der Waals surface area contributed by atoms with Crippen LogP contribution in [0.1, 0.15) is 57.8 Å².